The Morgan fingerprint density at radius 1 is 1.12 bits per heavy atom. The zero-order chi connectivity index (χ0) is 11.1. The van der Waals surface area contributed by atoms with E-state index in [4.69, 9.17) is 0 Å². The molecule has 7 nitrogen and oxygen atoms in total. The van der Waals surface area contributed by atoms with Crippen molar-refractivity contribution in [3.05, 3.63) is 29.6 Å². The molecule has 0 aliphatic carbocycles. The van der Waals surface area contributed by atoms with Gasteiger partial charge in [-0.05, 0) is 42.5 Å². The molecule has 0 atom stereocenters. The average Bonchev–Trinajstić information content (AvgIpc) is 2.83. The molecule has 3 aromatic rings. The molecule has 3 heterocycles. The van der Waals surface area contributed by atoms with Crippen molar-refractivity contribution >= 4 is 5.65 Å². The smallest absolute Gasteiger partial charge is 0.200 e. The van der Waals surface area contributed by atoms with Crippen molar-refractivity contribution in [3.63, 3.8) is 0 Å². The van der Waals surface area contributed by atoms with Gasteiger partial charge < -0.3 is 0 Å². The maximum Gasteiger partial charge on any atom is 0.200 e. The molecule has 0 amide bonds. The molecule has 0 fully saturated rings. The average molecular weight is 215 g/mol. The van der Waals surface area contributed by atoms with E-state index in [0.29, 0.717) is 11.5 Å². The van der Waals surface area contributed by atoms with Gasteiger partial charge in [0.25, 0.3) is 0 Å². The molecular formula is C9H9N7. The lowest BCUT2D eigenvalue weighted by Gasteiger charge is -2.01. The monoisotopic (exact) mass is 215 g/mol. The van der Waals surface area contributed by atoms with E-state index in [1.807, 2.05) is 26.0 Å². The van der Waals surface area contributed by atoms with Crippen LogP contribution in [0.15, 0.2) is 18.2 Å². The van der Waals surface area contributed by atoms with Crippen molar-refractivity contribution in [1.29, 1.82) is 0 Å². The molecule has 0 aliphatic rings. The van der Waals surface area contributed by atoms with Crippen LogP contribution in [0.2, 0.25) is 0 Å². The zero-order valence-electron chi connectivity index (χ0n) is 8.86. The van der Waals surface area contributed by atoms with Gasteiger partial charge >= 0.3 is 0 Å². The van der Waals surface area contributed by atoms with Crippen LogP contribution < -0.4 is 0 Å². The molecule has 3 aromatic heterocycles. The fourth-order valence-electron chi connectivity index (χ4n) is 1.61. The molecule has 0 aliphatic heterocycles. The van der Waals surface area contributed by atoms with E-state index in [1.54, 1.807) is 10.7 Å². The molecule has 0 spiro atoms. The van der Waals surface area contributed by atoms with Crippen LogP contribution >= 0.6 is 0 Å². The van der Waals surface area contributed by atoms with Crippen LogP contribution in [0.4, 0.5) is 0 Å². The Bertz CT molecular complexity index is 651. The first-order valence-corrected chi connectivity index (χ1v) is 4.83. The van der Waals surface area contributed by atoms with E-state index >= 15 is 0 Å². The minimum Gasteiger partial charge on any atom is -0.218 e. The Balaban J connectivity index is 2.21. The fourth-order valence-corrected chi connectivity index (χ4v) is 1.61. The van der Waals surface area contributed by atoms with E-state index in [9.17, 15) is 0 Å². The van der Waals surface area contributed by atoms with Crippen LogP contribution in [0.5, 0.6) is 0 Å². The summed E-state index contributed by atoms with van der Waals surface area (Å²) in [5.41, 5.74) is 2.60. The summed E-state index contributed by atoms with van der Waals surface area (Å²) >= 11 is 0. The second kappa shape index (κ2) is 3.09. The predicted octanol–water partition coefficient (Wildman–Crippen LogP) is 0.322. The van der Waals surface area contributed by atoms with Crippen LogP contribution in [0.25, 0.3) is 11.5 Å². The summed E-state index contributed by atoms with van der Waals surface area (Å²) in [6, 6.07) is 5.63. The first-order valence-electron chi connectivity index (χ1n) is 4.83. The lowest BCUT2D eigenvalue weighted by atomic mass is 10.4. The van der Waals surface area contributed by atoms with Crippen LogP contribution in [0.3, 0.4) is 0 Å². The van der Waals surface area contributed by atoms with Gasteiger partial charge in [-0.2, -0.15) is 5.10 Å². The molecule has 3 rings (SSSR count). The maximum absolute atomic E-state index is 4.34. The highest BCUT2D eigenvalue weighted by molar-refractivity contribution is 5.37. The lowest BCUT2D eigenvalue weighted by Crippen LogP contribution is -2.06. The van der Waals surface area contributed by atoms with Crippen molar-refractivity contribution in [2.75, 3.05) is 0 Å². The SMILES string of the molecule is Cc1cc(C)n(-c2ccc3nnnn3n2)n1. The summed E-state index contributed by atoms with van der Waals surface area (Å²) in [5, 5.41) is 19.7. The highest BCUT2D eigenvalue weighted by Crippen LogP contribution is 2.09. The first-order chi connectivity index (χ1) is 7.74. The molecule has 0 bridgehead atoms. The summed E-state index contributed by atoms with van der Waals surface area (Å²) in [6.07, 6.45) is 0. The van der Waals surface area contributed by atoms with Crippen LogP contribution in [0.1, 0.15) is 11.4 Å². The number of tetrazole rings is 1. The van der Waals surface area contributed by atoms with Gasteiger partial charge in [-0.1, -0.05) is 0 Å². The van der Waals surface area contributed by atoms with Crippen molar-refractivity contribution in [3.8, 4) is 5.82 Å². The van der Waals surface area contributed by atoms with Gasteiger partial charge in [-0.3, -0.25) is 0 Å². The van der Waals surface area contributed by atoms with E-state index in [0.717, 1.165) is 11.4 Å². The zero-order valence-corrected chi connectivity index (χ0v) is 8.86. The number of hydrogen-bond acceptors (Lipinski definition) is 5. The quantitative estimate of drug-likeness (QED) is 0.584. The third-order valence-corrected chi connectivity index (χ3v) is 2.28. The van der Waals surface area contributed by atoms with Crippen molar-refractivity contribution in [2.24, 2.45) is 0 Å². The van der Waals surface area contributed by atoms with Crippen LogP contribution in [-0.2, 0) is 0 Å². The molecule has 0 radical (unpaired) electrons. The summed E-state index contributed by atoms with van der Waals surface area (Å²) in [4.78, 5) is 0. The Kier molecular flexibility index (Phi) is 1.73. The molecule has 16 heavy (non-hydrogen) atoms. The molecule has 0 unspecified atom stereocenters. The second-order valence-corrected chi connectivity index (χ2v) is 3.56. The molecule has 80 valence electrons. The number of aryl methyl sites for hydroxylation is 2. The van der Waals surface area contributed by atoms with Crippen molar-refractivity contribution in [1.82, 2.24) is 35.0 Å². The third kappa shape index (κ3) is 1.25. The second-order valence-electron chi connectivity index (χ2n) is 3.56. The van der Waals surface area contributed by atoms with E-state index in [1.165, 1.54) is 4.63 Å². The first kappa shape index (κ1) is 8.96. The van der Waals surface area contributed by atoms with Gasteiger partial charge in [0, 0.05) is 5.69 Å². The molecule has 7 heteroatoms. The van der Waals surface area contributed by atoms with Gasteiger partial charge in [0.2, 0.25) is 0 Å². The largest absolute Gasteiger partial charge is 0.218 e. The van der Waals surface area contributed by atoms with E-state index < -0.39 is 0 Å². The molecule has 0 saturated carbocycles. The Morgan fingerprint density at radius 3 is 2.75 bits per heavy atom. The van der Waals surface area contributed by atoms with Crippen LogP contribution in [0, 0.1) is 13.8 Å². The number of aromatic nitrogens is 7. The summed E-state index contributed by atoms with van der Waals surface area (Å²) < 4.78 is 3.14. The van der Waals surface area contributed by atoms with Gasteiger partial charge in [-0.15, -0.1) is 14.8 Å². The predicted molar refractivity (Wildman–Crippen MR) is 55.2 cm³/mol. The highest BCUT2D eigenvalue weighted by atomic mass is 15.6. The summed E-state index contributed by atoms with van der Waals surface area (Å²) in [5.74, 6) is 0.699. The molecule has 0 aromatic carbocycles. The normalized spacial score (nSPS) is 11.1. The topological polar surface area (TPSA) is 73.8 Å². The summed E-state index contributed by atoms with van der Waals surface area (Å²) in [6.45, 7) is 3.92. The highest BCUT2D eigenvalue weighted by Gasteiger charge is 2.06. The van der Waals surface area contributed by atoms with Gasteiger partial charge in [0.1, 0.15) is 0 Å². The Morgan fingerprint density at radius 2 is 2.00 bits per heavy atom. The van der Waals surface area contributed by atoms with Crippen molar-refractivity contribution < 1.29 is 0 Å². The number of rotatable bonds is 1. The number of nitrogens with zero attached hydrogens (tertiary/aromatic N) is 7. The maximum atomic E-state index is 4.34. The van der Waals surface area contributed by atoms with E-state index in [-0.39, 0.29) is 0 Å². The van der Waals surface area contributed by atoms with Gasteiger partial charge in [0.15, 0.2) is 11.5 Å². The van der Waals surface area contributed by atoms with E-state index in [2.05, 4.69) is 25.7 Å². The molecule has 0 saturated heterocycles. The standard InChI is InChI=1S/C9H9N7/c1-6-5-7(2)15(11-6)9-4-3-8-10-13-14-16(8)12-9/h3-5H,1-2H3. The van der Waals surface area contributed by atoms with Crippen LogP contribution in [-0.4, -0.2) is 35.0 Å². The molecular weight excluding hydrogens is 206 g/mol. The van der Waals surface area contributed by atoms with Gasteiger partial charge in [0.05, 0.1) is 5.69 Å². The number of fused-ring (bicyclic) bond motifs is 1. The minimum atomic E-state index is 0.616. The Labute approximate surface area is 90.7 Å². The number of hydrogen-bond donors (Lipinski definition) is 0. The molecule has 0 N–H and O–H groups in total. The van der Waals surface area contributed by atoms with Gasteiger partial charge in [-0.25, -0.2) is 4.68 Å². The van der Waals surface area contributed by atoms with Crippen molar-refractivity contribution in [2.45, 2.75) is 13.8 Å². The third-order valence-electron chi connectivity index (χ3n) is 2.28. The summed E-state index contributed by atoms with van der Waals surface area (Å²) in [7, 11) is 0. The Hall–Kier alpha value is -2.31. The lowest BCUT2D eigenvalue weighted by molar-refractivity contribution is 0.694. The fraction of sp³-hybridized carbons (Fsp3) is 0.222. The minimum absolute atomic E-state index is 0.616.